The average molecular weight is 253 g/mol. The number of rotatable bonds is 5. The molecule has 0 aliphatic heterocycles. The molecule has 1 heterocycles. The Morgan fingerprint density at radius 2 is 2.22 bits per heavy atom. The van der Waals surface area contributed by atoms with Crippen LogP contribution in [0.5, 0.6) is 0 Å². The number of hydrogen-bond acceptors (Lipinski definition) is 5. The highest BCUT2D eigenvalue weighted by molar-refractivity contribution is 5.98. The molecular formula is C10H15N5O3. The number of nitrogens with one attached hydrogen (secondary N) is 2. The summed E-state index contributed by atoms with van der Waals surface area (Å²) in [6.07, 6.45) is 0.652. The number of nitrogens with zero attached hydrogens (tertiary/aromatic N) is 1. The topological polar surface area (TPSA) is 147 Å². The van der Waals surface area contributed by atoms with Gasteiger partial charge in [-0.15, -0.1) is 0 Å². The number of carbonyl (C=O) groups excluding carboxylic acids is 2. The van der Waals surface area contributed by atoms with Crippen molar-refractivity contribution in [2.24, 2.45) is 5.73 Å². The first kappa shape index (κ1) is 12.4. The van der Waals surface area contributed by atoms with Gasteiger partial charge in [0.25, 0.3) is 5.91 Å². The van der Waals surface area contributed by atoms with E-state index in [2.05, 4.69) is 15.5 Å². The van der Waals surface area contributed by atoms with Crippen LogP contribution in [0.15, 0.2) is 0 Å². The fourth-order valence-corrected chi connectivity index (χ4v) is 1.59. The summed E-state index contributed by atoms with van der Waals surface area (Å²) < 4.78 is 0. The van der Waals surface area contributed by atoms with Crippen molar-refractivity contribution in [1.29, 1.82) is 0 Å². The molecule has 1 aromatic heterocycles. The lowest BCUT2D eigenvalue weighted by atomic mass is 10.2. The van der Waals surface area contributed by atoms with E-state index in [0.717, 1.165) is 18.5 Å². The zero-order valence-corrected chi connectivity index (χ0v) is 9.64. The Balaban J connectivity index is 1.98. The van der Waals surface area contributed by atoms with Gasteiger partial charge in [0.1, 0.15) is 6.10 Å². The number of amides is 2. The third-order valence-corrected chi connectivity index (χ3v) is 2.82. The van der Waals surface area contributed by atoms with Crippen LogP contribution in [0.4, 0.5) is 5.69 Å². The van der Waals surface area contributed by atoms with Gasteiger partial charge in [-0.2, -0.15) is 5.10 Å². The molecule has 1 aliphatic carbocycles. The van der Waals surface area contributed by atoms with Gasteiger partial charge in [-0.05, 0) is 12.8 Å². The minimum Gasteiger partial charge on any atom is -0.395 e. The number of hydrogen-bond donors (Lipinski definition) is 5. The van der Waals surface area contributed by atoms with Crippen molar-refractivity contribution >= 4 is 17.5 Å². The SMILES string of the molecule is NC(=O)C(O)CNC(=O)c1n[nH]c(C2CC2)c1N. The van der Waals surface area contributed by atoms with E-state index in [1.165, 1.54) is 0 Å². The molecule has 1 atom stereocenters. The lowest BCUT2D eigenvalue weighted by molar-refractivity contribution is -0.125. The van der Waals surface area contributed by atoms with Gasteiger partial charge in [-0.25, -0.2) is 0 Å². The molecule has 7 N–H and O–H groups in total. The van der Waals surface area contributed by atoms with Crippen LogP contribution < -0.4 is 16.8 Å². The Morgan fingerprint density at radius 3 is 2.78 bits per heavy atom. The number of aromatic amines is 1. The van der Waals surface area contributed by atoms with Crippen LogP contribution in [0.1, 0.15) is 34.9 Å². The van der Waals surface area contributed by atoms with Crippen LogP contribution in [-0.2, 0) is 4.79 Å². The second-order valence-electron chi connectivity index (χ2n) is 4.30. The fraction of sp³-hybridized carbons (Fsp3) is 0.500. The fourth-order valence-electron chi connectivity index (χ4n) is 1.59. The smallest absolute Gasteiger partial charge is 0.274 e. The van der Waals surface area contributed by atoms with Crippen molar-refractivity contribution in [3.05, 3.63) is 11.4 Å². The van der Waals surface area contributed by atoms with Crippen LogP contribution in [0.25, 0.3) is 0 Å². The molecule has 18 heavy (non-hydrogen) atoms. The number of nitrogen functional groups attached to an aromatic ring is 1. The third-order valence-electron chi connectivity index (χ3n) is 2.82. The number of aromatic nitrogens is 2. The Labute approximate surface area is 103 Å². The summed E-state index contributed by atoms with van der Waals surface area (Å²) in [4.78, 5) is 22.3. The summed E-state index contributed by atoms with van der Waals surface area (Å²) in [6.45, 7) is -0.265. The van der Waals surface area contributed by atoms with Crippen molar-refractivity contribution in [2.45, 2.75) is 24.9 Å². The van der Waals surface area contributed by atoms with Crippen LogP contribution >= 0.6 is 0 Å². The van der Waals surface area contributed by atoms with E-state index < -0.39 is 17.9 Å². The maximum Gasteiger partial charge on any atom is 0.274 e. The van der Waals surface area contributed by atoms with Gasteiger partial charge in [0.05, 0.1) is 17.9 Å². The van der Waals surface area contributed by atoms with E-state index in [-0.39, 0.29) is 12.2 Å². The molecule has 98 valence electrons. The third kappa shape index (κ3) is 2.43. The lowest BCUT2D eigenvalue weighted by Gasteiger charge is -2.07. The maximum absolute atomic E-state index is 11.7. The Bertz CT molecular complexity index is 480. The van der Waals surface area contributed by atoms with Crippen molar-refractivity contribution < 1.29 is 14.7 Å². The van der Waals surface area contributed by atoms with Gasteiger partial charge in [0.15, 0.2) is 5.69 Å². The molecule has 2 amide bonds. The number of aliphatic hydroxyl groups is 1. The molecule has 0 spiro atoms. The molecular weight excluding hydrogens is 238 g/mol. The summed E-state index contributed by atoms with van der Waals surface area (Å²) in [5, 5.41) is 18.1. The van der Waals surface area contributed by atoms with Crippen molar-refractivity contribution in [2.75, 3.05) is 12.3 Å². The van der Waals surface area contributed by atoms with Gasteiger partial charge in [-0.1, -0.05) is 0 Å². The molecule has 1 saturated carbocycles. The van der Waals surface area contributed by atoms with E-state index in [1.54, 1.807) is 0 Å². The highest BCUT2D eigenvalue weighted by Crippen LogP contribution is 2.42. The van der Waals surface area contributed by atoms with Crippen molar-refractivity contribution in [3.63, 3.8) is 0 Å². The highest BCUT2D eigenvalue weighted by atomic mass is 16.3. The number of nitrogens with two attached hydrogens (primary N) is 2. The van der Waals surface area contributed by atoms with E-state index in [1.807, 2.05) is 0 Å². The van der Waals surface area contributed by atoms with Gasteiger partial charge >= 0.3 is 0 Å². The Morgan fingerprint density at radius 1 is 1.56 bits per heavy atom. The standard InChI is InChI=1S/C10H15N5O3/c11-6-7(4-1-2-4)14-15-8(6)10(18)13-3-5(16)9(12)17/h4-5,16H,1-3,11H2,(H2,12,17)(H,13,18)(H,14,15). The highest BCUT2D eigenvalue weighted by Gasteiger charge is 2.30. The van der Waals surface area contributed by atoms with E-state index >= 15 is 0 Å². The Kier molecular flexibility index (Phi) is 3.19. The predicted octanol–water partition coefficient (Wildman–Crippen LogP) is -1.55. The zero-order valence-electron chi connectivity index (χ0n) is 9.64. The van der Waals surface area contributed by atoms with Gasteiger partial charge in [-0.3, -0.25) is 14.7 Å². The molecule has 0 saturated heterocycles. The second kappa shape index (κ2) is 4.65. The molecule has 1 unspecified atom stereocenters. The van der Waals surface area contributed by atoms with Crippen LogP contribution in [0, 0.1) is 0 Å². The number of carbonyl (C=O) groups is 2. The second-order valence-corrected chi connectivity index (χ2v) is 4.30. The predicted molar refractivity (Wildman–Crippen MR) is 62.5 cm³/mol. The normalized spacial score (nSPS) is 16.3. The quantitative estimate of drug-likeness (QED) is 0.430. The first-order chi connectivity index (χ1) is 8.50. The monoisotopic (exact) mass is 253 g/mol. The lowest BCUT2D eigenvalue weighted by Crippen LogP contribution is -2.40. The van der Waals surface area contributed by atoms with Crippen molar-refractivity contribution in [1.82, 2.24) is 15.5 Å². The molecule has 8 heteroatoms. The summed E-state index contributed by atoms with van der Waals surface area (Å²) in [5.74, 6) is -1.09. The number of anilines is 1. The van der Waals surface area contributed by atoms with E-state index in [0.29, 0.717) is 11.6 Å². The molecule has 1 aromatic rings. The zero-order chi connectivity index (χ0) is 13.3. The molecule has 1 aliphatic rings. The molecule has 0 radical (unpaired) electrons. The molecule has 0 bridgehead atoms. The largest absolute Gasteiger partial charge is 0.395 e. The molecule has 8 nitrogen and oxygen atoms in total. The van der Waals surface area contributed by atoms with Gasteiger partial charge < -0.3 is 21.9 Å². The van der Waals surface area contributed by atoms with Crippen molar-refractivity contribution in [3.8, 4) is 0 Å². The Hall–Kier alpha value is -2.09. The van der Waals surface area contributed by atoms with Crippen LogP contribution in [0.3, 0.4) is 0 Å². The molecule has 2 rings (SSSR count). The minimum atomic E-state index is -1.42. The van der Waals surface area contributed by atoms with Gasteiger partial charge in [0.2, 0.25) is 5.91 Å². The summed E-state index contributed by atoms with van der Waals surface area (Å²) >= 11 is 0. The van der Waals surface area contributed by atoms with E-state index in [4.69, 9.17) is 16.6 Å². The maximum atomic E-state index is 11.7. The summed E-state index contributed by atoms with van der Waals surface area (Å²) in [7, 11) is 0. The number of primary amides is 1. The van der Waals surface area contributed by atoms with Gasteiger partial charge in [0, 0.05) is 5.92 Å². The number of aliphatic hydroxyl groups excluding tert-OH is 1. The van der Waals surface area contributed by atoms with Crippen LogP contribution in [0.2, 0.25) is 0 Å². The van der Waals surface area contributed by atoms with Crippen LogP contribution in [-0.4, -0.2) is 39.8 Å². The summed E-state index contributed by atoms with van der Waals surface area (Å²) in [5.41, 5.74) is 11.8. The first-order valence-electron chi connectivity index (χ1n) is 5.60. The molecule has 1 fully saturated rings. The average Bonchev–Trinajstić information content (AvgIpc) is 3.09. The van der Waals surface area contributed by atoms with E-state index in [9.17, 15) is 9.59 Å². The summed E-state index contributed by atoms with van der Waals surface area (Å²) in [6, 6.07) is 0. The molecule has 0 aromatic carbocycles. The number of H-pyrrole nitrogens is 1. The first-order valence-corrected chi connectivity index (χ1v) is 5.60. The minimum absolute atomic E-state index is 0.0774.